The van der Waals surface area contributed by atoms with Gasteiger partial charge in [0.1, 0.15) is 22.8 Å². The van der Waals surface area contributed by atoms with Crippen molar-refractivity contribution in [3.63, 3.8) is 0 Å². The van der Waals surface area contributed by atoms with E-state index in [9.17, 15) is 22.8 Å². The summed E-state index contributed by atoms with van der Waals surface area (Å²) in [5, 5.41) is 11.6. The summed E-state index contributed by atoms with van der Waals surface area (Å²) >= 11 is 0. The van der Waals surface area contributed by atoms with Crippen LogP contribution in [0.2, 0.25) is 0 Å². The molecule has 0 saturated heterocycles. The van der Waals surface area contributed by atoms with Gasteiger partial charge in [0.2, 0.25) is 5.91 Å². The number of carbonyl (C=O) groups is 2. The standard InChI is InChI=1S/C18H18F3NO5/c1-10-14(15(23)24)8-13(26-10)9-22-16(25)17(2,3)11-4-6-12(7-5-11)27-18(19,20)21/h4-8H,9H2,1-3H3,(H,22,25)(H,23,24). The molecule has 0 spiro atoms. The number of nitrogens with one attached hydrogen (secondary N) is 1. The van der Waals surface area contributed by atoms with E-state index >= 15 is 0 Å². The Morgan fingerprint density at radius 1 is 1.19 bits per heavy atom. The van der Waals surface area contributed by atoms with Crippen LogP contribution in [0.25, 0.3) is 0 Å². The smallest absolute Gasteiger partial charge is 0.478 e. The number of carboxylic acids is 1. The monoisotopic (exact) mass is 385 g/mol. The number of amides is 1. The summed E-state index contributed by atoms with van der Waals surface area (Å²) in [5.74, 6) is -1.41. The lowest BCUT2D eigenvalue weighted by Gasteiger charge is -2.24. The Morgan fingerprint density at radius 2 is 1.78 bits per heavy atom. The zero-order valence-corrected chi connectivity index (χ0v) is 14.8. The van der Waals surface area contributed by atoms with Crippen molar-refractivity contribution in [2.75, 3.05) is 0 Å². The second kappa shape index (κ2) is 7.34. The summed E-state index contributed by atoms with van der Waals surface area (Å²) in [6.07, 6.45) is -4.79. The number of aryl methyl sites for hydroxylation is 1. The first-order valence-electron chi connectivity index (χ1n) is 7.87. The molecular weight excluding hydrogens is 367 g/mol. The third-order valence-electron chi connectivity index (χ3n) is 4.00. The predicted octanol–water partition coefficient (Wildman–Crippen LogP) is 3.78. The average molecular weight is 385 g/mol. The van der Waals surface area contributed by atoms with Crippen LogP contribution in [-0.4, -0.2) is 23.3 Å². The molecule has 0 aliphatic carbocycles. The molecule has 0 bridgehead atoms. The predicted molar refractivity (Wildman–Crippen MR) is 88.4 cm³/mol. The average Bonchev–Trinajstić information content (AvgIpc) is 2.92. The normalized spacial score (nSPS) is 11.9. The molecule has 2 aromatic rings. The van der Waals surface area contributed by atoms with Crippen molar-refractivity contribution in [3.8, 4) is 5.75 Å². The van der Waals surface area contributed by atoms with Crippen LogP contribution in [0.5, 0.6) is 5.75 Å². The van der Waals surface area contributed by atoms with Gasteiger partial charge in [0.25, 0.3) is 0 Å². The van der Waals surface area contributed by atoms with E-state index in [1.165, 1.54) is 25.1 Å². The van der Waals surface area contributed by atoms with Crippen molar-refractivity contribution in [3.05, 3.63) is 53.0 Å². The van der Waals surface area contributed by atoms with E-state index in [-0.39, 0.29) is 29.4 Å². The van der Waals surface area contributed by atoms with E-state index in [2.05, 4.69) is 10.1 Å². The van der Waals surface area contributed by atoms with Gasteiger partial charge >= 0.3 is 12.3 Å². The van der Waals surface area contributed by atoms with Gasteiger partial charge in [0.05, 0.1) is 12.0 Å². The van der Waals surface area contributed by atoms with Gasteiger partial charge in [0, 0.05) is 0 Å². The van der Waals surface area contributed by atoms with Crippen LogP contribution < -0.4 is 10.1 Å². The number of rotatable bonds is 6. The Balaban J connectivity index is 2.06. The number of ether oxygens (including phenoxy) is 1. The van der Waals surface area contributed by atoms with Gasteiger partial charge in [-0.25, -0.2) is 4.79 Å². The van der Waals surface area contributed by atoms with Crippen LogP contribution >= 0.6 is 0 Å². The Labute approximate surface area is 152 Å². The first-order chi connectivity index (χ1) is 12.4. The summed E-state index contributed by atoms with van der Waals surface area (Å²) < 4.78 is 45.7. The topological polar surface area (TPSA) is 88.8 Å². The van der Waals surface area contributed by atoms with Gasteiger partial charge in [0.15, 0.2) is 0 Å². The lowest BCUT2D eigenvalue weighted by molar-refractivity contribution is -0.274. The zero-order valence-electron chi connectivity index (χ0n) is 14.8. The van der Waals surface area contributed by atoms with E-state index in [1.54, 1.807) is 13.8 Å². The van der Waals surface area contributed by atoms with Crippen LogP contribution in [0.15, 0.2) is 34.7 Å². The highest BCUT2D eigenvalue weighted by molar-refractivity contribution is 5.89. The molecule has 0 aliphatic rings. The maximum Gasteiger partial charge on any atom is 0.573 e. The molecule has 1 heterocycles. The van der Waals surface area contributed by atoms with Crippen molar-refractivity contribution < 1.29 is 37.0 Å². The van der Waals surface area contributed by atoms with Crippen molar-refractivity contribution in [1.82, 2.24) is 5.32 Å². The highest BCUT2D eigenvalue weighted by atomic mass is 19.4. The molecule has 2 N–H and O–H groups in total. The lowest BCUT2D eigenvalue weighted by Crippen LogP contribution is -2.39. The van der Waals surface area contributed by atoms with Crippen molar-refractivity contribution >= 4 is 11.9 Å². The lowest BCUT2D eigenvalue weighted by atomic mass is 9.83. The third-order valence-corrected chi connectivity index (χ3v) is 4.00. The fraction of sp³-hybridized carbons (Fsp3) is 0.333. The van der Waals surface area contributed by atoms with E-state index in [4.69, 9.17) is 9.52 Å². The number of aromatic carboxylic acids is 1. The molecule has 0 fully saturated rings. The molecule has 1 aromatic carbocycles. The second-order valence-electron chi connectivity index (χ2n) is 6.37. The number of furan rings is 1. The second-order valence-corrected chi connectivity index (χ2v) is 6.37. The van der Waals surface area contributed by atoms with Gasteiger partial charge in [-0.3, -0.25) is 4.79 Å². The minimum atomic E-state index is -4.79. The Bertz CT molecular complexity index is 838. The first kappa shape index (κ1) is 20.3. The van der Waals surface area contributed by atoms with Crippen LogP contribution in [0.3, 0.4) is 0 Å². The Hall–Kier alpha value is -2.97. The molecule has 0 aliphatic heterocycles. The summed E-state index contributed by atoms with van der Waals surface area (Å²) in [5.41, 5.74) is -0.552. The first-order valence-corrected chi connectivity index (χ1v) is 7.87. The number of hydrogen-bond acceptors (Lipinski definition) is 4. The fourth-order valence-corrected chi connectivity index (χ4v) is 2.44. The number of halogens is 3. The molecule has 146 valence electrons. The Kier molecular flexibility index (Phi) is 5.53. The SMILES string of the molecule is Cc1oc(CNC(=O)C(C)(C)c2ccc(OC(F)(F)F)cc2)cc1C(=O)O. The summed E-state index contributed by atoms with van der Waals surface area (Å²) in [6, 6.07) is 6.34. The van der Waals surface area contributed by atoms with Gasteiger partial charge in [-0.2, -0.15) is 0 Å². The molecule has 27 heavy (non-hydrogen) atoms. The van der Waals surface area contributed by atoms with E-state index in [0.717, 1.165) is 12.1 Å². The van der Waals surface area contributed by atoms with E-state index in [0.29, 0.717) is 5.56 Å². The fourth-order valence-electron chi connectivity index (χ4n) is 2.44. The number of alkyl halides is 3. The zero-order chi connectivity index (χ0) is 20.4. The molecule has 2 rings (SSSR count). The molecular formula is C18H18F3NO5. The van der Waals surface area contributed by atoms with Crippen LogP contribution in [-0.2, 0) is 16.8 Å². The largest absolute Gasteiger partial charge is 0.573 e. The van der Waals surface area contributed by atoms with Gasteiger partial charge in [-0.1, -0.05) is 12.1 Å². The van der Waals surface area contributed by atoms with E-state index in [1.807, 2.05) is 0 Å². The molecule has 1 aromatic heterocycles. The van der Waals surface area contributed by atoms with Crippen LogP contribution in [0, 0.1) is 6.92 Å². The van der Waals surface area contributed by atoms with Gasteiger partial charge in [-0.15, -0.1) is 13.2 Å². The number of carboxylic acid groups (broad SMARTS) is 1. The minimum Gasteiger partial charge on any atom is -0.478 e. The Morgan fingerprint density at radius 3 is 2.26 bits per heavy atom. The summed E-state index contributed by atoms with van der Waals surface area (Å²) in [4.78, 5) is 23.5. The maximum absolute atomic E-state index is 12.5. The van der Waals surface area contributed by atoms with Crippen molar-refractivity contribution in [2.24, 2.45) is 0 Å². The van der Waals surface area contributed by atoms with Crippen LogP contribution in [0.4, 0.5) is 13.2 Å². The number of benzene rings is 1. The highest BCUT2D eigenvalue weighted by Gasteiger charge is 2.32. The van der Waals surface area contributed by atoms with Gasteiger partial charge in [-0.05, 0) is 44.5 Å². The summed E-state index contributed by atoms with van der Waals surface area (Å²) in [6.45, 7) is 4.70. The maximum atomic E-state index is 12.5. The molecule has 0 saturated carbocycles. The molecule has 0 unspecified atom stereocenters. The molecule has 6 nitrogen and oxygen atoms in total. The third kappa shape index (κ3) is 5.02. The van der Waals surface area contributed by atoms with Gasteiger partial charge < -0.3 is 19.6 Å². The van der Waals surface area contributed by atoms with E-state index < -0.39 is 23.7 Å². The molecule has 1 amide bonds. The van der Waals surface area contributed by atoms with Crippen molar-refractivity contribution in [1.29, 1.82) is 0 Å². The minimum absolute atomic E-state index is 0.0127. The molecule has 0 atom stereocenters. The summed E-state index contributed by atoms with van der Waals surface area (Å²) in [7, 11) is 0. The molecule has 9 heteroatoms. The number of hydrogen-bond donors (Lipinski definition) is 2. The number of carbonyl (C=O) groups excluding carboxylic acids is 1. The van der Waals surface area contributed by atoms with Crippen LogP contribution in [0.1, 0.15) is 41.3 Å². The van der Waals surface area contributed by atoms with Crippen molar-refractivity contribution in [2.45, 2.75) is 39.1 Å². The molecule has 0 radical (unpaired) electrons. The quantitative estimate of drug-likeness (QED) is 0.790. The highest BCUT2D eigenvalue weighted by Crippen LogP contribution is 2.28.